The Morgan fingerprint density at radius 2 is 0.947 bits per heavy atom. The highest BCUT2D eigenvalue weighted by molar-refractivity contribution is 5.77. The van der Waals surface area contributed by atoms with E-state index in [0.29, 0.717) is 45.7 Å². The second-order valence-corrected chi connectivity index (χ2v) is 11.1. The topological polar surface area (TPSA) is 93.7 Å². The Balaban J connectivity index is 1.90. The molecular weight excluding hydrogens is 480 g/mol. The van der Waals surface area contributed by atoms with Gasteiger partial charge >= 0.3 is 0 Å². The van der Waals surface area contributed by atoms with Crippen LogP contribution in [0.1, 0.15) is 142 Å². The predicted octanol–water partition coefficient (Wildman–Crippen LogP) is 6.41. The Morgan fingerprint density at radius 1 is 0.553 bits per heavy atom. The summed E-state index contributed by atoms with van der Waals surface area (Å²) in [7, 11) is 0. The third kappa shape index (κ3) is 21.5. The highest BCUT2D eigenvalue weighted by atomic mass is 16.5. The summed E-state index contributed by atoms with van der Waals surface area (Å²) in [6.07, 6.45) is 22.2. The van der Waals surface area contributed by atoms with Gasteiger partial charge in [-0.1, -0.05) is 84.0 Å². The van der Waals surface area contributed by atoms with E-state index in [9.17, 15) is 14.4 Å². The van der Waals surface area contributed by atoms with Gasteiger partial charge in [0.15, 0.2) is 0 Å². The van der Waals surface area contributed by atoms with Gasteiger partial charge in [-0.3, -0.25) is 14.4 Å². The minimum Gasteiger partial charge on any atom is -0.379 e. The Morgan fingerprint density at radius 3 is 1.39 bits per heavy atom. The van der Waals surface area contributed by atoms with E-state index in [0.717, 1.165) is 38.5 Å². The molecule has 0 radical (unpaired) electrons. The largest absolute Gasteiger partial charge is 0.379 e. The number of carbonyl (C=O) groups is 3. The van der Waals surface area contributed by atoms with Crippen LogP contribution in [-0.2, 0) is 23.9 Å². The molecule has 0 aromatic carbocycles. The maximum atomic E-state index is 12.3. The maximum Gasteiger partial charge on any atom is 0.222 e. The minimum absolute atomic E-state index is 0.0115. The molecule has 2 N–H and O–H groups in total. The lowest BCUT2D eigenvalue weighted by Crippen LogP contribution is -2.43. The predicted molar refractivity (Wildman–Crippen MR) is 154 cm³/mol. The van der Waals surface area contributed by atoms with Crippen molar-refractivity contribution in [3.63, 3.8) is 0 Å². The van der Waals surface area contributed by atoms with Gasteiger partial charge in [-0.25, -0.2) is 0 Å². The first-order valence-electron chi connectivity index (χ1n) is 15.7. The number of amides is 2. The third-order valence-electron chi connectivity index (χ3n) is 7.41. The summed E-state index contributed by atoms with van der Waals surface area (Å²) in [5, 5.41) is 6.30. The monoisotopic (exact) mass is 538 g/mol. The van der Waals surface area contributed by atoms with Gasteiger partial charge in [0, 0.05) is 31.3 Å². The quantitative estimate of drug-likeness (QED) is 0.131. The van der Waals surface area contributed by atoms with Crippen molar-refractivity contribution in [3.05, 3.63) is 0 Å². The van der Waals surface area contributed by atoms with Gasteiger partial charge in [0.2, 0.25) is 11.8 Å². The average Bonchev–Trinajstić information content (AvgIpc) is 2.89. The van der Waals surface area contributed by atoms with Gasteiger partial charge in [-0.05, 0) is 39.0 Å². The second-order valence-electron chi connectivity index (χ2n) is 11.1. The minimum atomic E-state index is 0.0115. The van der Waals surface area contributed by atoms with Crippen LogP contribution in [0, 0.1) is 0 Å². The van der Waals surface area contributed by atoms with Crippen molar-refractivity contribution >= 4 is 17.6 Å². The molecule has 7 heteroatoms. The van der Waals surface area contributed by atoms with Crippen LogP contribution in [0.15, 0.2) is 0 Å². The fourth-order valence-corrected chi connectivity index (χ4v) is 4.99. The van der Waals surface area contributed by atoms with Gasteiger partial charge in [0.25, 0.3) is 0 Å². The van der Waals surface area contributed by atoms with E-state index in [-0.39, 0.29) is 29.7 Å². The van der Waals surface area contributed by atoms with Crippen LogP contribution < -0.4 is 10.6 Å². The molecule has 0 unspecified atom stereocenters. The summed E-state index contributed by atoms with van der Waals surface area (Å²) < 4.78 is 10.7. The number of rotatable bonds is 25. The van der Waals surface area contributed by atoms with E-state index < -0.39 is 0 Å². The number of nitrogens with one attached hydrogen (secondary N) is 2. The summed E-state index contributed by atoms with van der Waals surface area (Å²) in [6, 6.07) is 0.426. The van der Waals surface area contributed by atoms with Crippen molar-refractivity contribution in [3.8, 4) is 0 Å². The zero-order valence-corrected chi connectivity index (χ0v) is 24.7. The normalized spacial score (nSPS) is 17.3. The van der Waals surface area contributed by atoms with Crippen LogP contribution in [0.4, 0.5) is 0 Å². The zero-order chi connectivity index (χ0) is 27.7. The van der Waals surface area contributed by atoms with Crippen molar-refractivity contribution in [2.24, 2.45) is 0 Å². The van der Waals surface area contributed by atoms with Crippen molar-refractivity contribution < 1.29 is 23.9 Å². The summed E-state index contributed by atoms with van der Waals surface area (Å²) in [5.41, 5.74) is 0. The van der Waals surface area contributed by atoms with Crippen molar-refractivity contribution in [1.29, 1.82) is 0 Å². The van der Waals surface area contributed by atoms with Gasteiger partial charge in [-0.2, -0.15) is 0 Å². The molecule has 0 spiro atoms. The first-order chi connectivity index (χ1) is 18.5. The molecule has 1 fully saturated rings. The SMILES string of the molecule is CCCCCCCCCCCCCCCC(=O)NC1CCC(NC(=O)CCOCCOCCC(C)=O)CC1. The molecule has 38 heavy (non-hydrogen) atoms. The van der Waals surface area contributed by atoms with Gasteiger partial charge in [-0.15, -0.1) is 0 Å². The molecule has 0 saturated heterocycles. The van der Waals surface area contributed by atoms with E-state index in [4.69, 9.17) is 9.47 Å². The molecule has 0 aliphatic heterocycles. The summed E-state index contributed by atoms with van der Waals surface area (Å²) in [4.78, 5) is 35.3. The molecule has 0 atom stereocenters. The highest BCUT2D eigenvalue weighted by Crippen LogP contribution is 2.19. The lowest BCUT2D eigenvalue weighted by atomic mass is 9.91. The van der Waals surface area contributed by atoms with Gasteiger partial charge in [0.05, 0.1) is 26.4 Å². The van der Waals surface area contributed by atoms with Crippen LogP contribution in [-0.4, -0.2) is 56.1 Å². The molecule has 0 aromatic rings. The van der Waals surface area contributed by atoms with Crippen LogP contribution in [0.25, 0.3) is 0 Å². The first kappa shape index (κ1) is 34.6. The van der Waals surface area contributed by atoms with Gasteiger partial charge in [0.1, 0.15) is 5.78 Å². The van der Waals surface area contributed by atoms with E-state index in [2.05, 4.69) is 17.6 Å². The van der Waals surface area contributed by atoms with Crippen LogP contribution in [0.3, 0.4) is 0 Å². The van der Waals surface area contributed by atoms with Crippen LogP contribution >= 0.6 is 0 Å². The molecule has 0 aromatic heterocycles. The molecule has 1 aliphatic carbocycles. The third-order valence-corrected chi connectivity index (χ3v) is 7.41. The Labute approximate surface area is 232 Å². The molecule has 1 aliphatic rings. The molecule has 0 bridgehead atoms. The number of hydrogen-bond acceptors (Lipinski definition) is 5. The Bertz CT molecular complexity index is 605. The number of Topliss-reactive ketones (excluding diaryl/α,β-unsaturated/α-hetero) is 1. The molecule has 1 rings (SSSR count). The fourth-order valence-electron chi connectivity index (χ4n) is 4.99. The number of ketones is 1. The second kappa shape index (κ2) is 24.6. The molecule has 1 saturated carbocycles. The summed E-state index contributed by atoms with van der Waals surface area (Å²) >= 11 is 0. The van der Waals surface area contributed by atoms with E-state index in [1.54, 1.807) is 6.92 Å². The molecule has 7 nitrogen and oxygen atoms in total. The molecule has 0 heterocycles. The van der Waals surface area contributed by atoms with E-state index >= 15 is 0 Å². The number of hydrogen-bond donors (Lipinski definition) is 2. The number of unbranched alkanes of at least 4 members (excludes halogenated alkanes) is 12. The van der Waals surface area contributed by atoms with Crippen molar-refractivity contribution in [1.82, 2.24) is 10.6 Å². The number of carbonyl (C=O) groups excluding carboxylic acids is 3. The van der Waals surface area contributed by atoms with Crippen molar-refractivity contribution in [2.45, 2.75) is 154 Å². The van der Waals surface area contributed by atoms with E-state index in [1.165, 1.54) is 70.6 Å². The Kier molecular flexibility index (Phi) is 22.3. The lowest BCUT2D eigenvalue weighted by Gasteiger charge is -2.29. The lowest BCUT2D eigenvalue weighted by molar-refractivity contribution is -0.124. The van der Waals surface area contributed by atoms with Gasteiger partial charge < -0.3 is 20.1 Å². The van der Waals surface area contributed by atoms with E-state index in [1.807, 2.05) is 0 Å². The highest BCUT2D eigenvalue weighted by Gasteiger charge is 2.23. The molecule has 2 amide bonds. The molecule has 222 valence electrons. The maximum absolute atomic E-state index is 12.3. The summed E-state index contributed by atoms with van der Waals surface area (Å²) in [5.74, 6) is 0.310. The van der Waals surface area contributed by atoms with Crippen molar-refractivity contribution in [2.75, 3.05) is 26.4 Å². The summed E-state index contributed by atoms with van der Waals surface area (Å²) in [6.45, 7) is 5.46. The first-order valence-corrected chi connectivity index (χ1v) is 15.7. The average molecular weight is 539 g/mol. The Hall–Kier alpha value is -1.47. The fraction of sp³-hybridized carbons (Fsp3) is 0.903. The van der Waals surface area contributed by atoms with Crippen LogP contribution in [0.2, 0.25) is 0 Å². The van der Waals surface area contributed by atoms with Crippen LogP contribution in [0.5, 0.6) is 0 Å². The smallest absolute Gasteiger partial charge is 0.222 e. The zero-order valence-electron chi connectivity index (χ0n) is 24.7. The number of ether oxygens (including phenoxy) is 2. The standard InChI is InChI=1S/C31H58N2O5/c1-3-4-5-6-7-8-9-10-11-12-13-14-15-16-30(35)32-28-17-19-29(20-18-28)33-31(36)22-24-38-26-25-37-23-21-27(2)34/h28-29H,3-26H2,1-2H3,(H,32,35)(H,33,36). The molecular formula is C31H58N2O5.